The quantitative estimate of drug-likeness (QED) is 0.897. The highest BCUT2D eigenvalue weighted by Gasteiger charge is 2.32. The van der Waals surface area contributed by atoms with Crippen LogP contribution in [-0.4, -0.2) is 42.4 Å². The van der Waals surface area contributed by atoms with E-state index in [4.69, 9.17) is 4.74 Å². The van der Waals surface area contributed by atoms with Crippen LogP contribution in [0.15, 0.2) is 40.0 Å². The van der Waals surface area contributed by atoms with Crippen LogP contribution in [0.5, 0.6) is 0 Å². The van der Waals surface area contributed by atoms with Crippen LogP contribution in [-0.2, 0) is 14.8 Å². The molecule has 0 amide bonds. The fourth-order valence-corrected chi connectivity index (χ4v) is 4.05. The second-order valence-electron chi connectivity index (χ2n) is 5.81. The van der Waals surface area contributed by atoms with Crippen molar-refractivity contribution < 1.29 is 13.2 Å². The van der Waals surface area contributed by atoms with E-state index in [0.29, 0.717) is 11.5 Å². The number of nitrogens with one attached hydrogen (secondary N) is 1. The summed E-state index contributed by atoms with van der Waals surface area (Å²) in [4.78, 5) is 18.7. The van der Waals surface area contributed by atoms with Gasteiger partial charge in [-0.3, -0.25) is 4.79 Å². The highest BCUT2D eigenvalue weighted by molar-refractivity contribution is 7.89. The molecule has 1 atom stereocenters. The molecule has 1 aliphatic heterocycles. The lowest BCUT2D eigenvalue weighted by Gasteiger charge is -2.31. The molecule has 0 spiro atoms. The van der Waals surface area contributed by atoms with Crippen molar-refractivity contribution in [2.45, 2.75) is 24.8 Å². The molecule has 0 bridgehead atoms. The highest BCUT2D eigenvalue weighted by atomic mass is 32.2. The van der Waals surface area contributed by atoms with E-state index in [1.54, 1.807) is 31.2 Å². The standard InChI is InChI=1S/C16H19N3O4S/c1-11-3-5-13(6-4-11)24(21,22)19-7-8-23-14(10-19)16-17-12(2)9-15(20)18-16/h3-6,9,14H,7-8,10H2,1-2H3,(H,17,18,20)/t14-/m1/s1. The van der Waals surface area contributed by atoms with E-state index >= 15 is 0 Å². The number of hydrogen-bond acceptors (Lipinski definition) is 5. The lowest BCUT2D eigenvalue weighted by Crippen LogP contribution is -2.42. The largest absolute Gasteiger partial charge is 0.368 e. The Morgan fingerprint density at radius 1 is 1.25 bits per heavy atom. The molecule has 1 fully saturated rings. The summed E-state index contributed by atoms with van der Waals surface area (Å²) in [7, 11) is -3.61. The van der Waals surface area contributed by atoms with Crippen molar-refractivity contribution in [1.29, 1.82) is 0 Å². The number of morpholine rings is 1. The normalized spacial score (nSPS) is 19.3. The molecule has 1 aliphatic rings. The Labute approximate surface area is 140 Å². The van der Waals surface area contributed by atoms with Crippen molar-refractivity contribution in [1.82, 2.24) is 14.3 Å². The molecule has 0 aliphatic carbocycles. The van der Waals surface area contributed by atoms with Crippen molar-refractivity contribution in [2.75, 3.05) is 19.7 Å². The molecule has 0 radical (unpaired) electrons. The van der Waals surface area contributed by atoms with Gasteiger partial charge < -0.3 is 9.72 Å². The number of rotatable bonds is 3. The Balaban J connectivity index is 1.87. The Bertz CT molecular complexity index is 890. The number of hydrogen-bond donors (Lipinski definition) is 1. The third kappa shape index (κ3) is 3.40. The molecule has 1 N–H and O–H groups in total. The van der Waals surface area contributed by atoms with Crippen LogP contribution >= 0.6 is 0 Å². The summed E-state index contributed by atoms with van der Waals surface area (Å²) in [6.07, 6.45) is -0.591. The molecule has 24 heavy (non-hydrogen) atoms. The summed E-state index contributed by atoms with van der Waals surface area (Å²) in [5.41, 5.74) is 1.28. The van der Waals surface area contributed by atoms with Gasteiger partial charge in [-0.05, 0) is 26.0 Å². The van der Waals surface area contributed by atoms with Gasteiger partial charge >= 0.3 is 0 Å². The van der Waals surface area contributed by atoms with Crippen LogP contribution in [0.25, 0.3) is 0 Å². The summed E-state index contributed by atoms with van der Waals surface area (Å²) >= 11 is 0. The minimum Gasteiger partial charge on any atom is -0.368 e. The SMILES string of the molecule is Cc1ccc(S(=O)(=O)N2CCO[C@@H](c3nc(C)cc(=O)[nH]3)C2)cc1. The van der Waals surface area contributed by atoms with Crippen molar-refractivity contribution in [3.05, 3.63) is 57.8 Å². The summed E-state index contributed by atoms with van der Waals surface area (Å²) in [5, 5.41) is 0. The van der Waals surface area contributed by atoms with Gasteiger partial charge in [0.15, 0.2) is 0 Å². The zero-order chi connectivity index (χ0) is 17.3. The smallest absolute Gasteiger partial charge is 0.251 e. The molecule has 7 nitrogen and oxygen atoms in total. The van der Waals surface area contributed by atoms with Gasteiger partial charge in [0, 0.05) is 24.8 Å². The fraction of sp³-hybridized carbons (Fsp3) is 0.375. The van der Waals surface area contributed by atoms with E-state index in [0.717, 1.165) is 5.56 Å². The number of H-pyrrole nitrogens is 1. The molecule has 8 heteroatoms. The third-order valence-electron chi connectivity index (χ3n) is 3.88. The van der Waals surface area contributed by atoms with Crippen LogP contribution in [0.2, 0.25) is 0 Å². The minimum absolute atomic E-state index is 0.114. The van der Waals surface area contributed by atoms with E-state index in [9.17, 15) is 13.2 Å². The first kappa shape index (κ1) is 16.8. The Morgan fingerprint density at radius 2 is 1.96 bits per heavy atom. The topological polar surface area (TPSA) is 92.4 Å². The summed E-state index contributed by atoms with van der Waals surface area (Å²) in [6.45, 7) is 4.24. The second kappa shape index (κ2) is 6.46. The van der Waals surface area contributed by atoms with Gasteiger partial charge in [-0.15, -0.1) is 0 Å². The van der Waals surface area contributed by atoms with Crippen molar-refractivity contribution in [3.8, 4) is 0 Å². The van der Waals surface area contributed by atoms with Gasteiger partial charge in [0.2, 0.25) is 10.0 Å². The molecule has 128 valence electrons. The lowest BCUT2D eigenvalue weighted by molar-refractivity contribution is -0.00774. The van der Waals surface area contributed by atoms with Crippen molar-refractivity contribution in [3.63, 3.8) is 0 Å². The summed E-state index contributed by atoms with van der Waals surface area (Å²) in [6, 6.07) is 8.12. The first-order chi connectivity index (χ1) is 11.4. The highest BCUT2D eigenvalue weighted by Crippen LogP contribution is 2.24. The number of aromatic amines is 1. The number of aryl methyl sites for hydroxylation is 2. The van der Waals surface area contributed by atoms with Crippen LogP contribution in [0, 0.1) is 13.8 Å². The Morgan fingerprint density at radius 3 is 2.62 bits per heavy atom. The summed E-state index contributed by atoms with van der Waals surface area (Å²) in [5.74, 6) is 0.351. The zero-order valence-corrected chi connectivity index (χ0v) is 14.3. The number of ether oxygens (including phenoxy) is 1. The molecule has 1 aromatic heterocycles. The molecule has 1 saturated heterocycles. The van der Waals surface area contributed by atoms with Crippen LogP contribution in [0.3, 0.4) is 0 Å². The number of nitrogens with zero attached hydrogens (tertiary/aromatic N) is 2. The molecule has 3 rings (SSSR count). The van der Waals surface area contributed by atoms with Gasteiger partial charge in [0.25, 0.3) is 5.56 Å². The number of benzene rings is 1. The molecule has 0 unspecified atom stereocenters. The second-order valence-corrected chi connectivity index (χ2v) is 7.75. The maximum atomic E-state index is 12.8. The van der Waals surface area contributed by atoms with Gasteiger partial charge in [0.1, 0.15) is 11.9 Å². The number of sulfonamides is 1. The summed E-state index contributed by atoms with van der Waals surface area (Å²) < 4.78 is 32.6. The van der Waals surface area contributed by atoms with Crippen molar-refractivity contribution in [2.24, 2.45) is 0 Å². The predicted octanol–water partition coefficient (Wildman–Crippen LogP) is 1.15. The van der Waals surface area contributed by atoms with E-state index in [2.05, 4.69) is 9.97 Å². The predicted molar refractivity (Wildman–Crippen MR) is 88.2 cm³/mol. The Kier molecular flexibility index (Phi) is 4.53. The lowest BCUT2D eigenvalue weighted by atomic mass is 10.2. The minimum atomic E-state index is -3.61. The molecular weight excluding hydrogens is 330 g/mol. The maximum Gasteiger partial charge on any atom is 0.251 e. The van der Waals surface area contributed by atoms with Crippen LogP contribution in [0.4, 0.5) is 0 Å². The molecule has 2 aromatic rings. The average Bonchev–Trinajstić information content (AvgIpc) is 2.54. The van der Waals surface area contributed by atoms with E-state index < -0.39 is 16.1 Å². The van der Waals surface area contributed by atoms with Crippen LogP contribution < -0.4 is 5.56 Å². The van der Waals surface area contributed by atoms with Crippen molar-refractivity contribution >= 4 is 10.0 Å². The molecule has 2 heterocycles. The monoisotopic (exact) mass is 349 g/mol. The molecule has 0 saturated carbocycles. The first-order valence-electron chi connectivity index (χ1n) is 7.62. The maximum absolute atomic E-state index is 12.8. The molecule has 1 aromatic carbocycles. The fourth-order valence-electron chi connectivity index (χ4n) is 2.62. The zero-order valence-electron chi connectivity index (χ0n) is 13.5. The average molecular weight is 349 g/mol. The molecular formula is C16H19N3O4S. The van der Waals surface area contributed by atoms with E-state index in [1.807, 2.05) is 6.92 Å². The van der Waals surface area contributed by atoms with E-state index in [-0.39, 0.29) is 30.2 Å². The van der Waals surface area contributed by atoms with Gasteiger partial charge in [-0.1, -0.05) is 17.7 Å². The van der Waals surface area contributed by atoms with E-state index in [1.165, 1.54) is 10.4 Å². The van der Waals surface area contributed by atoms with Gasteiger partial charge in [-0.2, -0.15) is 4.31 Å². The third-order valence-corrected chi connectivity index (χ3v) is 5.76. The first-order valence-corrected chi connectivity index (χ1v) is 9.06. The van der Waals surface area contributed by atoms with Gasteiger partial charge in [-0.25, -0.2) is 13.4 Å². The van der Waals surface area contributed by atoms with Gasteiger partial charge in [0.05, 0.1) is 11.5 Å². The van der Waals surface area contributed by atoms with Crippen LogP contribution in [0.1, 0.15) is 23.2 Å². The Hall–Kier alpha value is -2.03. The number of aromatic nitrogens is 2.